The molecule has 11 heteroatoms. The van der Waals surface area contributed by atoms with E-state index < -0.39 is 0 Å². The minimum absolute atomic E-state index is 0.156. The van der Waals surface area contributed by atoms with Crippen LogP contribution in [-0.4, -0.2) is 27.7 Å². The second-order valence-electron chi connectivity index (χ2n) is 5.96. The summed E-state index contributed by atoms with van der Waals surface area (Å²) >= 11 is 20.1. The second-order valence-corrected chi connectivity index (χ2v) is 9.99. The van der Waals surface area contributed by atoms with Gasteiger partial charge in [-0.3, -0.25) is 4.79 Å². The van der Waals surface area contributed by atoms with Crippen LogP contribution in [-0.2, 0) is 4.79 Å². The number of thioether (sulfide) groups is 1. The molecule has 0 saturated carbocycles. The highest BCUT2D eigenvalue weighted by Crippen LogP contribution is 2.35. The van der Waals surface area contributed by atoms with E-state index in [-0.39, 0.29) is 18.0 Å². The number of benzene rings is 2. The van der Waals surface area contributed by atoms with Gasteiger partial charge in [0.05, 0.1) is 21.0 Å². The Balaban J connectivity index is 1.45. The molecule has 0 bridgehead atoms. The maximum atomic E-state index is 12.6. The van der Waals surface area contributed by atoms with Crippen LogP contribution in [0.4, 0.5) is 5.69 Å². The zero-order chi connectivity index (χ0) is 20.5. The third-order valence-corrected chi connectivity index (χ3v) is 7.12. The highest BCUT2D eigenvalue weighted by atomic mass is 35.5. The number of nitrogens with one attached hydrogen (secondary N) is 1. The first-order valence-electron chi connectivity index (χ1n) is 8.33. The Labute approximate surface area is 189 Å². The summed E-state index contributed by atoms with van der Waals surface area (Å²) < 4.78 is 13.4. The zero-order valence-corrected chi connectivity index (χ0v) is 18.8. The van der Waals surface area contributed by atoms with Gasteiger partial charge in [0.1, 0.15) is 0 Å². The quantitative estimate of drug-likeness (QED) is 0.362. The summed E-state index contributed by atoms with van der Waals surface area (Å²) in [5, 5.41) is 7.87. The molecule has 0 saturated heterocycles. The van der Waals surface area contributed by atoms with Gasteiger partial charge in [0.25, 0.3) is 0 Å². The third-order valence-electron chi connectivity index (χ3n) is 3.96. The fourth-order valence-corrected chi connectivity index (χ4v) is 5.31. The number of rotatable bonds is 5. The molecule has 1 aliphatic rings. The number of hydrogen-bond donors (Lipinski definition) is 1. The average Bonchev–Trinajstić information content (AvgIpc) is 3.29. The van der Waals surface area contributed by atoms with Crippen LogP contribution in [0.25, 0.3) is 5.69 Å². The van der Waals surface area contributed by atoms with Gasteiger partial charge in [-0.05, 0) is 49.5 Å². The fourth-order valence-electron chi connectivity index (χ4n) is 2.51. The van der Waals surface area contributed by atoms with E-state index in [9.17, 15) is 4.79 Å². The monoisotopic (exact) mass is 485 g/mol. The Hall–Kier alpha value is -1.78. The molecule has 1 aromatic heterocycles. The molecule has 0 fully saturated rings. The van der Waals surface area contributed by atoms with Crippen molar-refractivity contribution in [3.05, 3.63) is 50.4 Å². The van der Waals surface area contributed by atoms with E-state index in [1.54, 1.807) is 48.0 Å². The lowest BCUT2D eigenvalue weighted by molar-refractivity contribution is -0.115. The number of hydrogen-bond acceptors (Lipinski definition) is 7. The van der Waals surface area contributed by atoms with Gasteiger partial charge in [-0.2, -0.15) is 0 Å². The predicted octanol–water partition coefficient (Wildman–Crippen LogP) is 5.82. The van der Waals surface area contributed by atoms with Crippen LogP contribution < -0.4 is 14.8 Å². The van der Waals surface area contributed by atoms with Crippen LogP contribution in [0.5, 0.6) is 11.5 Å². The first-order valence-corrected chi connectivity index (χ1v) is 11.2. The molecule has 0 aliphatic carbocycles. The number of aromatic nitrogens is 2. The maximum absolute atomic E-state index is 12.6. The van der Waals surface area contributed by atoms with Gasteiger partial charge in [-0.15, -0.1) is 5.10 Å². The predicted molar refractivity (Wildman–Crippen MR) is 119 cm³/mol. The molecule has 1 N–H and O–H groups in total. The lowest BCUT2D eigenvalue weighted by Gasteiger charge is -2.10. The van der Waals surface area contributed by atoms with Gasteiger partial charge in [-0.1, -0.05) is 46.3 Å². The number of ether oxygens (including phenoxy) is 2. The van der Waals surface area contributed by atoms with E-state index in [0.29, 0.717) is 41.2 Å². The molecule has 2 aromatic carbocycles. The fraction of sp³-hybridized carbons (Fsp3) is 0.167. The van der Waals surface area contributed by atoms with Crippen molar-refractivity contribution < 1.29 is 14.3 Å². The normalized spacial score (nSPS) is 13.3. The summed E-state index contributed by atoms with van der Waals surface area (Å²) in [7, 11) is 0. The smallest absolute Gasteiger partial charge is 0.237 e. The van der Waals surface area contributed by atoms with Gasteiger partial charge in [0.15, 0.2) is 19.8 Å². The average molecular weight is 486 g/mol. The topological polar surface area (TPSA) is 65.4 Å². The Kier molecular flexibility index (Phi) is 6.03. The summed E-state index contributed by atoms with van der Waals surface area (Å²) in [6.45, 7) is 1.99. The molecular weight excluding hydrogens is 473 g/mol. The van der Waals surface area contributed by atoms with E-state index in [1.807, 2.05) is 0 Å². The standard InChI is InChI=1S/C18H13Cl2N3O3S3/c1-9(16(24)21-10-2-5-14-15(6-10)26-8-25-14)28-17-22-23(18(27)29-17)11-3-4-12(19)13(20)7-11/h2-7,9H,8H2,1H3,(H,21,24)/t9-/m0/s1. The van der Waals surface area contributed by atoms with E-state index in [0.717, 1.165) is 0 Å². The molecule has 1 aliphatic heterocycles. The van der Waals surface area contributed by atoms with Crippen LogP contribution in [0.2, 0.25) is 10.0 Å². The van der Waals surface area contributed by atoms with Crippen LogP contribution in [0.1, 0.15) is 6.92 Å². The van der Waals surface area contributed by atoms with Gasteiger partial charge in [0, 0.05) is 11.8 Å². The van der Waals surface area contributed by atoms with E-state index in [1.165, 1.54) is 23.1 Å². The Morgan fingerprint density at radius 3 is 2.83 bits per heavy atom. The molecule has 150 valence electrons. The maximum Gasteiger partial charge on any atom is 0.237 e. The van der Waals surface area contributed by atoms with Gasteiger partial charge < -0.3 is 14.8 Å². The molecule has 0 radical (unpaired) electrons. The number of carbonyl (C=O) groups is 1. The first kappa shape index (κ1) is 20.5. The van der Waals surface area contributed by atoms with Crippen molar-refractivity contribution in [1.29, 1.82) is 0 Å². The molecule has 6 nitrogen and oxygen atoms in total. The van der Waals surface area contributed by atoms with E-state index in [2.05, 4.69) is 10.4 Å². The van der Waals surface area contributed by atoms with Crippen molar-refractivity contribution in [2.75, 3.05) is 12.1 Å². The molecular formula is C18H13Cl2N3O3S3. The zero-order valence-electron chi connectivity index (χ0n) is 14.8. The molecule has 4 rings (SSSR count). The Morgan fingerprint density at radius 1 is 1.24 bits per heavy atom. The van der Waals surface area contributed by atoms with Crippen LogP contribution in [0.15, 0.2) is 40.7 Å². The van der Waals surface area contributed by atoms with Crippen molar-refractivity contribution in [3.8, 4) is 17.2 Å². The van der Waals surface area contributed by atoms with Crippen molar-refractivity contribution in [2.24, 2.45) is 0 Å². The molecule has 0 unspecified atom stereocenters. The highest BCUT2D eigenvalue weighted by Gasteiger charge is 2.19. The summed E-state index contributed by atoms with van der Waals surface area (Å²) in [4.78, 5) is 12.6. The Bertz CT molecular complexity index is 1150. The van der Waals surface area contributed by atoms with Gasteiger partial charge in [0.2, 0.25) is 12.7 Å². The summed E-state index contributed by atoms with van der Waals surface area (Å²) in [6.07, 6.45) is 0. The molecule has 2 heterocycles. The highest BCUT2D eigenvalue weighted by molar-refractivity contribution is 8.02. The SMILES string of the molecule is C[C@H](Sc1nn(-c2ccc(Cl)c(Cl)c2)c(=S)s1)C(=O)Nc1ccc2c(c1)OCO2. The summed E-state index contributed by atoms with van der Waals surface area (Å²) in [5.41, 5.74) is 1.35. The lowest BCUT2D eigenvalue weighted by Crippen LogP contribution is -2.22. The van der Waals surface area contributed by atoms with Gasteiger partial charge in [-0.25, -0.2) is 4.68 Å². The third kappa shape index (κ3) is 4.54. The van der Waals surface area contributed by atoms with Crippen LogP contribution >= 0.6 is 58.5 Å². The van der Waals surface area contributed by atoms with E-state index in [4.69, 9.17) is 44.9 Å². The number of nitrogens with zero attached hydrogens (tertiary/aromatic N) is 2. The van der Waals surface area contributed by atoms with Crippen molar-refractivity contribution in [2.45, 2.75) is 16.5 Å². The molecule has 1 atom stereocenters. The lowest BCUT2D eigenvalue weighted by atomic mass is 10.2. The Morgan fingerprint density at radius 2 is 2.03 bits per heavy atom. The van der Waals surface area contributed by atoms with Crippen LogP contribution in [0.3, 0.4) is 0 Å². The molecule has 3 aromatic rings. The second kappa shape index (κ2) is 8.53. The van der Waals surface area contributed by atoms with Crippen molar-refractivity contribution >= 4 is 70.1 Å². The molecule has 0 spiro atoms. The molecule has 29 heavy (non-hydrogen) atoms. The number of carbonyl (C=O) groups excluding carboxylic acids is 1. The number of amides is 1. The van der Waals surface area contributed by atoms with E-state index >= 15 is 0 Å². The minimum atomic E-state index is -0.386. The van der Waals surface area contributed by atoms with Crippen LogP contribution in [0, 0.1) is 3.95 Å². The number of fused-ring (bicyclic) bond motifs is 1. The van der Waals surface area contributed by atoms with Gasteiger partial charge >= 0.3 is 0 Å². The minimum Gasteiger partial charge on any atom is -0.454 e. The number of anilines is 1. The largest absolute Gasteiger partial charge is 0.454 e. The van der Waals surface area contributed by atoms with Crippen molar-refractivity contribution in [3.63, 3.8) is 0 Å². The summed E-state index contributed by atoms with van der Waals surface area (Å²) in [5.74, 6) is 1.12. The summed E-state index contributed by atoms with van der Waals surface area (Å²) in [6, 6.07) is 10.4. The first-order chi connectivity index (χ1) is 13.9. The number of halogens is 2. The molecule has 1 amide bonds. The van der Waals surface area contributed by atoms with Crippen molar-refractivity contribution in [1.82, 2.24) is 9.78 Å².